The van der Waals surface area contributed by atoms with Gasteiger partial charge in [-0.2, -0.15) is 5.10 Å². The van der Waals surface area contributed by atoms with Gasteiger partial charge in [-0.1, -0.05) is 19.9 Å². The molecule has 1 atom stereocenters. The van der Waals surface area contributed by atoms with Gasteiger partial charge >= 0.3 is 0 Å². The first kappa shape index (κ1) is 17.4. The number of aromatic nitrogens is 4. The first-order valence-electron chi connectivity index (χ1n) is 8.41. The zero-order valence-corrected chi connectivity index (χ0v) is 15.5. The molecule has 25 heavy (non-hydrogen) atoms. The summed E-state index contributed by atoms with van der Waals surface area (Å²) in [5.74, 6) is 1.21. The second-order valence-electron chi connectivity index (χ2n) is 6.50. The van der Waals surface area contributed by atoms with E-state index in [4.69, 9.17) is 0 Å². The number of thiophene rings is 1. The predicted molar refractivity (Wildman–Crippen MR) is 99.0 cm³/mol. The molecular weight excluding hydrogens is 334 g/mol. The molecule has 0 aliphatic rings. The molecule has 132 valence electrons. The summed E-state index contributed by atoms with van der Waals surface area (Å²) in [6.07, 6.45) is 4.57. The van der Waals surface area contributed by atoms with Crippen molar-refractivity contribution in [3.8, 4) is 0 Å². The molecule has 0 fully saturated rings. The molecule has 3 aromatic rings. The van der Waals surface area contributed by atoms with Crippen molar-refractivity contribution in [2.75, 3.05) is 0 Å². The number of amides is 1. The van der Waals surface area contributed by atoms with Crippen molar-refractivity contribution in [3.05, 3.63) is 58.1 Å². The number of hydrogen-bond acceptors (Lipinski definition) is 4. The summed E-state index contributed by atoms with van der Waals surface area (Å²) in [6.45, 7) is 6.85. The number of rotatable bonds is 7. The summed E-state index contributed by atoms with van der Waals surface area (Å²) in [4.78, 5) is 18.0. The number of hydrogen-bond donors (Lipinski definition) is 2. The number of aromatic amines is 1. The normalized spacial score (nSPS) is 12.5. The van der Waals surface area contributed by atoms with Gasteiger partial charge < -0.3 is 9.88 Å². The van der Waals surface area contributed by atoms with Crippen LogP contribution < -0.4 is 5.32 Å². The van der Waals surface area contributed by atoms with Crippen LogP contribution in [0.25, 0.3) is 0 Å². The molecule has 0 spiro atoms. The fraction of sp³-hybridized carbons (Fsp3) is 0.389. The van der Waals surface area contributed by atoms with Gasteiger partial charge in [-0.15, -0.1) is 11.3 Å². The molecule has 0 saturated carbocycles. The van der Waals surface area contributed by atoms with Crippen LogP contribution in [0.2, 0.25) is 0 Å². The molecule has 3 heterocycles. The Morgan fingerprint density at radius 2 is 2.24 bits per heavy atom. The van der Waals surface area contributed by atoms with Crippen molar-refractivity contribution in [2.45, 2.75) is 45.7 Å². The van der Waals surface area contributed by atoms with Gasteiger partial charge in [-0.05, 0) is 24.4 Å². The van der Waals surface area contributed by atoms with Crippen LogP contribution in [-0.2, 0) is 13.0 Å². The Labute approximate surface area is 151 Å². The monoisotopic (exact) mass is 357 g/mol. The third-order valence-corrected chi connectivity index (χ3v) is 4.83. The molecule has 0 aliphatic heterocycles. The molecule has 7 heteroatoms. The van der Waals surface area contributed by atoms with Crippen LogP contribution in [0, 0.1) is 0 Å². The topological polar surface area (TPSA) is 75.6 Å². The van der Waals surface area contributed by atoms with Crippen LogP contribution in [0.1, 0.15) is 53.6 Å². The molecular formula is C18H23N5OS. The molecule has 3 aromatic heterocycles. The lowest BCUT2D eigenvalue weighted by Gasteiger charge is -2.11. The molecule has 2 N–H and O–H groups in total. The van der Waals surface area contributed by atoms with E-state index in [9.17, 15) is 4.79 Å². The third-order valence-electron chi connectivity index (χ3n) is 3.93. The van der Waals surface area contributed by atoms with Gasteiger partial charge in [-0.3, -0.25) is 9.89 Å². The fourth-order valence-corrected chi connectivity index (χ4v) is 3.61. The molecule has 1 amide bonds. The average Bonchev–Trinajstić information content (AvgIpc) is 3.28. The highest BCUT2D eigenvalue weighted by Crippen LogP contribution is 2.14. The van der Waals surface area contributed by atoms with Gasteiger partial charge in [0.25, 0.3) is 5.91 Å². The highest BCUT2D eigenvalue weighted by molar-refractivity contribution is 7.09. The summed E-state index contributed by atoms with van der Waals surface area (Å²) in [7, 11) is 0. The fourth-order valence-electron chi connectivity index (χ4n) is 2.78. The molecule has 0 saturated heterocycles. The number of H-pyrrole nitrogens is 1. The second kappa shape index (κ2) is 7.65. The van der Waals surface area contributed by atoms with Gasteiger partial charge in [0.05, 0.1) is 12.2 Å². The van der Waals surface area contributed by atoms with Crippen LogP contribution in [0.4, 0.5) is 0 Å². The van der Waals surface area contributed by atoms with Crippen molar-refractivity contribution < 1.29 is 4.79 Å². The van der Waals surface area contributed by atoms with E-state index in [1.807, 2.05) is 24.6 Å². The largest absolute Gasteiger partial charge is 0.348 e. The Balaban J connectivity index is 1.60. The molecule has 0 aromatic carbocycles. The number of imidazole rings is 1. The summed E-state index contributed by atoms with van der Waals surface area (Å²) in [5, 5.41) is 12.2. The average molecular weight is 357 g/mol. The van der Waals surface area contributed by atoms with Gasteiger partial charge in [-0.25, -0.2) is 4.98 Å². The van der Waals surface area contributed by atoms with Crippen molar-refractivity contribution >= 4 is 17.2 Å². The van der Waals surface area contributed by atoms with Crippen LogP contribution in [0.5, 0.6) is 0 Å². The molecule has 3 rings (SSSR count). The Morgan fingerprint density at radius 3 is 2.96 bits per heavy atom. The van der Waals surface area contributed by atoms with Crippen LogP contribution in [-0.4, -0.2) is 31.7 Å². The molecule has 0 unspecified atom stereocenters. The van der Waals surface area contributed by atoms with Crippen molar-refractivity contribution in [1.82, 2.24) is 25.1 Å². The minimum Gasteiger partial charge on any atom is -0.348 e. The Morgan fingerprint density at radius 1 is 1.40 bits per heavy atom. The zero-order valence-electron chi connectivity index (χ0n) is 14.7. The van der Waals surface area contributed by atoms with E-state index in [0.29, 0.717) is 18.2 Å². The Hall–Kier alpha value is -2.41. The summed E-state index contributed by atoms with van der Waals surface area (Å²) >= 11 is 1.70. The Kier molecular flexibility index (Phi) is 5.33. The number of carbonyl (C=O) groups is 1. The SMILES string of the molecule is CC(C)c1nccn1Cc1cc(C(=O)N[C@H](C)Cc2cccs2)n[nH]1. The molecule has 0 aliphatic carbocycles. The Bertz CT molecular complexity index is 818. The van der Waals surface area contributed by atoms with Gasteiger partial charge in [0.15, 0.2) is 0 Å². The van der Waals surface area contributed by atoms with Crippen molar-refractivity contribution in [2.24, 2.45) is 0 Å². The van der Waals surface area contributed by atoms with Gasteiger partial charge in [0.2, 0.25) is 0 Å². The van der Waals surface area contributed by atoms with E-state index in [0.717, 1.165) is 17.9 Å². The van der Waals surface area contributed by atoms with E-state index < -0.39 is 0 Å². The van der Waals surface area contributed by atoms with E-state index >= 15 is 0 Å². The predicted octanol–water partition coefficient (Wildman–Crippen LogP) is 3.20. The molecule has 6 nitrogen and oxygen atoms in total. The standard InChI is InChI=1S/C18H23N5OS/c1-12(2)17-19-6-7-23(17)11-14-10-16(22-21-14)18(24)20-13(3)9-15-5-4-8-25-15/h4-8,10,12-13H,9,11H2,1-3H3,(H,20,24)(H,21,22)/t13-/m1/s1. The van der Waals surface area contributed by atoms with Crippen molar-refractivity contribution in [3.63, 3.8) is 0 Å². The number of nitrogens with zero attached hydrogens (tertiary/aromatic N) is 3. The van der Waals surface area contributed by atoms with Crippen LogP contribution >= 0.6 is 11.3 Å². The summed E-state index contributed by atoms with van der Waals surface area (Å²) in [6, 6.07) is 5.97. The van der Waals surface area contributed by atoms with E-state index in [1.54, 1.807) is 23.6 Å². The van der Waals surface area contributed by atoms with Crippen LogP contribution in [0.3, 0.4) is 0 Å². The van der Waals surface area contributed by atoms with E-state index in [1.165, 1.54) is 4.88 Å². The third kappa shape index (κ3) is 4.36. The first-order valence-corrected chi connectivity index (χ1v) is 9.29. The highest BCUT2D eigenvalue weighted by atomic mass is 32.1. The lowest BCUT2D eigenvalue weighted by atomic mass is 10.2. The first-order chi connectivity index (χ1) is 12.0. The maximum Gasteiger partial charge on any atom is 0.271 e. The molecule has 0 radical (unpaired) electrons. The summed E-state index contributed by atoms with van der Waals surface area (Å²) < 4.78 is 2.07. The number of carbonyl (C=O) groups excluding carboxylic acids is 1. The quantitative estimate of drug-likeness (QED) is 0.682. The van der Waals surface area contributed by atoms with E-state index in [-0.39, 0.29) is 11.9 Å². The van der Waals surface area contributed by atoms with Crippen molar-refractivity contribution in [1.29, 1.82) is 0 Å². The van der Waals surface area contributed by atoms with Gasteiger partial charge in [0, 0.05) is 35.7 Å². The second-order valence-corrected chi connectivity index (χ2v) is 7.54. The maximum absolute atomic E-state index is 12.4. The molecule has 0 bridgehead atoms. The smallest absolute Gasteiger partial charge is 0.271 e. The zero-order chi connectivity index (χ0) is 17.8. The number of nitrogens with one attached hydrogen (secondary N) is 2. The highest BCUT2D eigenvalue weighted by Gasteiger charge is 2.15. The van der Waals surface area contributed by atoms with E-state index in [2.05, 4.69) is 45.0 Å². The maximum atomic E-state index is 12.4. The van der Waals surface area contributed by atoms with Crippen LogP contribution in [0.15, 0.2) is 36.0 Å². The lowest BCUT2D eigenvalue weighted by Crippen LogP contribution is -2.34. The minimum absolute atomic E-state index is 0.0625. The summed E-state index contributed by atoms with van der Waals surface area (Å²) in [5.41, 5.74) is 1.30. The lowest BCUT2D eigenvalue weighted by molar-refractivity contribution is 0.0935. The van der Waals surface area contributed by atoms with Gasteiger partial charge in [0.1, 0.15) is 11.5 Å². The minimum atomic E-state index is -0.152.